The van der Waals surface area contributed by atoms with Gasteiger partial charge in [-0.3, -0.25) is 0 Å². The summed E-state index contributed by atoms with van der Waals surface area (Å²) in [6.45, 7) is 7.03. The molecule has 1 heteroatoms. The van der Waals surface area contributed by atoms with Crippen LogP contribution in [0.15, 0.2) is 30.3 Å². The molecule has 0 aromatic heterocycles. The van der Waals surface area contributed by atoms with Crippen LogP contribution in [0.1, 0.15) is 27.2 Å². The molecule has 0 amide bonds. The molecular formula is C12H20Si. The van der Waals surface area contributed by atoms with Crippen LogP contribution >= 0.6 is 0 Å². The normalized spacial score (nSPS) is 14.2. The lowest BCUT2D eigenvalue weighted by Crippen LogP contribution is -2.18. The van der Waals surface area contributed by atoms with E-state index in [0.717, 1.165) is 11.5 Å². The van der Waals surface area contributed by atoms with E-state index in [2.05, 4.69) is 51.1 Å². The van der Waals surface area contributed by atoms with Crippen molar-refractivity contribution in [2.24, 2.45) is 5.92 Å². The third kappa shape index (κ3) is 4.27. The Morgan fingerprint density at radius 2 is 1.69 bits per heavy atom. The minimum absolute atomic E-state index is 0.0298. The molecule has 0 aliphatic heterocycles. The number of hydrogen-bond acceptors (Lipinski definition) is 0. The van der Waals surface area contributed by atoms with Gasteiger partial charge >= 0.3 is 0 Å². The van der Waals surface area contributed by atoms with Crippen molar-refractivity contribution in [2.75, 3.05) is 0 Å². The Kier molecular flexibility index (Phi) is 4.23. The van der Waals surface area contributed by atoms with Gasteiger partial charge in [-0.15, -0.1) is 0 Å². The Balaban J connectivity index is 2.41. The largest absolute Gasteiger partial charge is 0.0667 e. The van der Waals surface area contributed by atoms with E-state index < -0.39 is 0 Å². The summed E-state index contributed by atoms with van der Waals surface area (Å²) >= 11 is 0. The first kappa shape index (κ1) is 10.5. The predicted octanol–water partition coefficient (Wildman–Crippen LogP) is 2.34. The lowest BCUT2D eigenvalue weighted by molar-refractivity contribution is 0.574. The van der Waals surface area contributed by atoms with Crippen molar-refractivity contribution in [1.29, 1.82) is 0 Å². The predicted molar refractivity (Wildman–Crippen MR) is 63.5 cm³/mol. The Labute approximate surface area is 84.2 Å². The van der Waals surface area contributed by atoms with Gasteiger partial charge in [-0.05, 0) is 11.5 Å². The minimum atomic E-state index is -0.0298. The van der Waals surface area contributed by atoms with Gasteiger partial charge in [0.05, 0.1) is 9.52 Å². The fourth-order valence-electron chi connectivity index (χ4n) is 1.90. The van der Waals surface area contributed by atoms with Gasteiger partial charge in [0.15, 0.2) is 0 Å². The first-order chi connectivity index (χ1) is 6.18. The summed E-state index contributed by atoms with van der Waals surface area (Å²) in [5, 5.41) is 1.61. The second-order valence-electron chi connectivity index (χ2n) is 4.42. The maximum absolute atomic E-state index is 2.40. The van der Waals surface area contributed by atoms with Gasteiger partial charge < -0.3 is 0 Å². The van der Waals surface area contributed by atoms with E-state index in [4.69, 9.17) is 0 Å². The van der Waals surface area contributed by atoms with E-state index in [1.807, 2.05) is 0 Å². The molecule has 0 radical (unpaired) electrons. The van der Waals surface area contributed by atoms with Crippen LogP contribution in [0, 0.1) is 5.92 Å². The topological polar surface area (TPSA) is 0 Å². The van der Waals surface area contributed by atoms with E-state index in [1.165, 1.54) is 6.42 Å². The van der Waals surface area contributed by atoms with Gasteiger partial charge in [-0.1, -0.05) is 62.7 Å². The van der Waals surface area contributed by atoms with Crippen LogP contribution in [-0.2, 0) is 0 Å². The Morgan fingerprint density at radius 1 is 1.08 bits per heavy atom. The van der Waals surface area contributed by atoms with Gasteiger partial charge in [0.1, 0.15) is 0 Å². The van der Waals surface area contributed by atoms with Crippen molar-refractivity contribution in [3.05, 3.63) is 30.3 Å². The van der Waals surface area contributed by atoms with E-state index in [0.29, 0.717) is 0 Å². The summed E-state index contributed by atoms with van der Waals surface area (Å²) in [6.07, 6.45) is 1.39. The van der Waals surface area contributed by atoms with Crippen LogP contribution in [0.4, 0.5) is 0 Å². The molecular weight excluding hydrogens is 172 g/mol. The molecule has 1 unspecified atom stereocenters. The fraction of sp³-hybridized carbons (Fsp3) is 0.500. The molecule has 0 spiro atoms. The molecule has 1 rings (SSSR count). The van der Waals surface area contributed by atoms with Crippen LogP contribution in [0.25, 0.3) is 0 Å². The first-order valence-electron chi connectivity index (χ1n) is 5.22. The Morgan fingerprint density at radius 3 is 2.23 bits per heavy atom. The van der Waals surface area contributed by atoms with E-state index in [1.54, 1.807) is 5.19 Å². The molecule has 0 heterocycles. The second-order valence-corrected chi connectivity index (χ2v) is 7.04. The average Bonchev–Trinajstić information content (AvgIpc) is 2.04. The zero-order valence-electron chi connectivity index (χ0n) is 8.96. The van der Waals surface area contributed by atoms with Gasteiger partial charge in [-0.25, -0.2) is 0 Å². The quantitative estimate of drug-likeness (QED) is 0.642. The van der Waals surface area contributed by atoms with Crippen molar-refractivity contribution < 1.29 is 0 Å². The summed E-state index contributed by atoms with van der Waals surface area (Å²) in [5.74, 6) is 0.853. The molecule has 0 saturated heterocycles. The van der Waals surface area contributed by atoms with Crippen LogP contribution in [0.2, 0.25) is 5.54 Å². The van der Waals surface area contributed by atoms with Gasteiger partial charge in [0, 0.05) is 0 Å². The molecule has 0 aliphatic carbocycles. The standard InChI is InChI=1S/C12H20Si/c1-10(2)9-11(3)13-12-7-5-4-6-8-12/h4-8,10-11H,9,13H2,1-3H3. The molecule has 0 saturated carbocycles. The summed E-state index contributed by atoms with van der Waals surface area (Å²) in [4.78, 5) is 0. The highest BCUT2D eigenvalue weighted by molar-refractivity contribution is 6.54. The first-order valence-corrected chi connectivity index (χ1v) is 6.74. The molecule has 0 fully saturated rings. The highest BCUT2D eigenvalue weighted by atomic mass is 28.2. The van der Waals surface area contributed by atoms with Crippen LogP contribution < -0.4 is 5.19 Å². The van der Waals surface area contributed by atoms with Crippen molar-refractivity contribution in [2.45, 2.75) is 32.7 Å². The summed E-state index contributed by atoms with van der Waals surface area (Å²) < 4.78 is 0. The van der Waals surface area contributed by atoms with Crippen molar-refractivity contribution in [1.82, 2.24) is 0 Å². The molecule has 0 nitrogen and oxygen atoms in total. The summed E-state index contributed by atoms with van der Waals surface area (Å²) in [7, 11) is -0.0298. The smallest absolute Gasteiger partial charge is 0.0575 e. The third-order valence-electron chi connectivity index (χ3n) is 2.30. The maximum Gasteiger partial charge on any atom is 0.0575 e. The number of rotatable bonds is 4. The SMILES string of the molecule is CC(C)CC(C)[SiH2]c1ccccc1. The monoisotopic (exact) mass is 192 g/mol. The molecule has 72 valence electrons. The summed E-state index contributed by atoms with van der Waals surface area (Å²) in [5.41, 5.74) is 0.947. The molecule has 1 aromatic carbocycles. The zero-order chi connectivity index (χ0) is 9.68. The molecule has 0 N–H and O–H groups in total. The zero-order valence-corrected chi connectivity index (χ0v) is 10.4. The molecule has 0 bridgehead atoms. The van der Waals surface area contributed by atoms with Crippen molar-refractivity contribution in [3.8, 4) is 0 Å². The Hall–Kier alpha value is -0.563. The number of hydrogen-bond donors (Lipinski definition) is 0. The van der Waals surface area contributed by atoms with Gasteiger partial charge in [-0.2, -0.15) is 0 Å². The third-order valence-corrected chi connectivity index (χ3v) is 4.27. The molecule has 0 aliphatic rings. The lowest BCUT2D eigenvalue weighted by atomic mass is 10.1. The van der Waals surface area contributed by atoms with E-state index in [-0.39, 0.29) is 9.52 Å². The van der Waals surface area contributed by atoms with Crippen LogP contribution in [0.3, 0.4) is 0 Å². The summed E-state index contributed by atoms with van der Waals surface area (Å²) in [6, 6.07) is 11.0. The van der Waals surface area contributed by atoms with E-state index >= 15 is 0 Å². The molecule has 1 atom stereocenters. The second kappa shape index (κ2) is 5.23. The molecule has 13 heavy (non-hydrogen) atoms. The van der Waals surface area contributed by atoms with Crippen molar-refractivity contribution in [3.63, 3.8) is 0 Å². The Bertz CT molecular complexity index is 228. The lowest BCUT2D eigenvalue weighted by Gasteiger charge is -2.12. The highest BCUT2D eigenvalue weighted by Gasteiger charge is 2.06. The van der Waals surface area contributed by atoms with Gasteiger partial charge in [0.2, 0.25) is 0 Å². The minimum Gasteiger partial charge on any atom is -0.0667 e. The van der Waals surface area contributed by atoms with Crippen molar-refractivity contribution >= 4 is 14.7 Å². The number of benzene rings is 1. The van der Waals surface area contributed by atoms with Gasteiger partial charge in [0.25, 0.3) is 0 Å². The fourth-order valence-corrected chi connectivity index (χ4v) is 4.09. The average molecular weight is 192 g/mol. The van der Waals surface area contributed by atoms with Crippen LogP contribution in [0.5, 0.6) is 0 Å². The maximum atomic E-state index is 2.40. The van der Waals surface area contributed by atoms with Crippen LogP contribution in [-0.4, -0.2) is 9.52 Å². The molecule has 1 aromatic rings. The highest BCUT2D eigenvalue weighted by Crippen LogP contribution is 2.14. The van der Waals surface area contributed by atoms with E-state index in [9.17, 15) is 0 Å².